The van der Waals surface area contributed by atoms with E-state index in [2.05, 4.69) is 0 Å². The largest absolute Gasteiger partial charge is 0.480 e. The maximum absolute atomic E-state index is 12.4. The Hall–Kier alpha value is -1.35. The molecule has 0 aliphatic heterocycles. The first-order valence-electron chi connectivity index (χ1n) is 5.79. The second-order valence-electron chi connectivity index (χ2n) is 5.32. The summed E-state index contributed by atoms with van der Waals surface area (Å²) >= 11 is 0. The lowest BCUT2D eigenvalue weighted by atomic mass is 10.2. The van der Waals surface area contributed by atoms with Gasteiger partial charge in [0.05, 0.1) is 13.1 Å². The minimum atomic E-state index is -4.57. The Kier molecular flexibility index (Phi) is 6.42. The first kappa shape index (κ1) is 18.7. The number of ether oxygens (including phenoxy) is 1. The summed E-state index contributed by atoms with van der Waals surface area (Å²) in [5.74, 6) is -2.32. The number of nitrogens with zero attached hydrogens (tertiary/aromatic N) is 1. The van der Waals surface area contributed by atoms with Crippen molar-refractivity contribution < 1.29 is 32.6 Å². The zero-order valence-electron chi connectivity index (χ0n) is 11.5. The van der Waals surface area contributed by atoms with Crippen LogP contribution in [0.3, 0.4) is 0 Å². The zero-order valence-corrected chi connectivity index (χ0v) is 11.5. The molecule has 0 heterocycles. The van der Waals surface area contributed by atoms with Crippen molar-refractivity contribution in [3.05, 3.63) is 0 Å². The molecule has 0 aromatic carbocycles. The number of esters is 1. The summed E-state index contributed by atoms with van der Waals surface area (Å²) in [4.78, 5) is 22.7. The van der Waals surface area contributed by atoms with Gasteiger partial charge in [0.2, 0.25) is 0 Å². The lowest BCUT2D eigenvalue weighted by Gasteiger charge is -2.26. The molecule has 0 aliphatic rings. The molecule has 3 N–H and O–H groups in total. The Balaban J connectivity index is 4.69. The topological polar surface area (TPSA) is 92.9 Å². The molecule has 20 heavy (non-hydrogen) atoms. The normalized spacial score (nSPS) is 14.2. The van der Waals surface area contributed by atoms with Crippen LogP contribution in [0, 0.1) is 0 Å². The standard InChI is InChI=1S/C11H19F3N2O4/c1-10(2,3)20-8(17)5-16(6-11(12,13)14)4-7(15)9(18)19/h7H,4-6,15H2,1-3H3,(H,18,19). The molecule has 0 aliphatic carbocycles. The molecule has 0 spiro atoms. The molecule has 0 amide bonds. The molecule has 0 fully saturated rings. The van der Waals surface area contributed by atoms with Crippen LogP contribution in [-0.2, 0) is 14.3 Å². The number of hydrogen-bond acceptors (Lipinski definition) is 5. The Morgan fingerprint density at radius 3 is 2.15 bits per heavy atom. The van der Waals surface area contributed by atoms with Crippen molar-refractivity contribution in [3.63, 3.8) is 0 Å². The number of carboxylic acid groups (broad SMARTS) is 1. The fraction of sp³-hybridized carbons (Fsp3) is 0.818. The van der Waals surface area contributed by atoms with Crippen molar-refractivity contribution in [1.82, 2.24) is 4.90 Å². The predicted molar refractivity (Wildman–Crippen MR) is 64.0 cm³/mol. The van der Waals surface area contributed by atoms with Gasteiger partial charge in [-0.05, 0) is 20.8 Å². The van der Waals surface area contributed by atoms with E-state index >= 15 is 0 Å². The molecular formula is C11H19F3N2O4. The second-order valence-corrected chi connectivity index (χ2v) is 5.32. The van der Waals surface area contributed by atoms with Crippen LogP contribution in [0.25, 0.3) is 0 Å². The molecule has 0 rings (SSSR count). The van der Waals surface area contributed by atoms with E-state index in [1.165, 1.54) is 0 Å². The van der Waals surface area contributed by atoms with E-state index in [-0.39, 0.29) is 0 Å². The molecule has 6 nitrogen and oxygen atoms in total. The third-order valence-electron chi connectivity index (χ3n) is 1.95. The SMILES string of the molecule is CC(C)(C)OC(=O)CN(CC(N)C(=O)O)CC(F)(F)F. The molecular weight excluding hydrogens is 281 g/mol. The fourth-order valence-electron chi connectivity index (χ4n) is 1.35. The number of aliphatic carboxylic acids is 1. The van der Waals surface area contributed by atoms with Crippen LogP contribution in [0.1, 0.15) is 20.8 Å². The number of hydrogen-bond donors (Lipinski definition) is 2. The molecule has 0 aromatic heterocycles. The first-order chi connectivity index (χ1) is 8.80. The average Bonchev–Trinajstić information content (AvgIpc) is 2.10. The third-order valence-corrected chi connectivity index (χ3v) is 1.95. The highest BCUT2D eigenvalue weighted by Crippen LogP contribution is 2.17. The maximum Gasteiger partial charge on any atom is 0.401 e. The first-order valence-corrected chi connectivity index (χ1v) is 5.79. The predicted octanol–water partition coefficient (Wildman–Crippen LogP) is 0.604. The number of halogens is 3. The number of rotatable bonds is 6. The molecule has 0 saturated carbocycles. The highest BCUT2D eigenvalue weighted by Gasteiger charge is 2.33. The monoisotopic (exact) mass is 300 g/mol. The van der Waals surface area contributed by atoms with E-state index in [4.69, 9.17) is 15.6 Å². The van der Waals surface area contributed by atoms with Crippen LogP contribution in [0.15, 0.2) is 0 Å². The van der Waals surface area contributed by atoms with Crippen molar-refractivity contribution in [3.8, 4) is 0 Å². The fourth-order valence-corrected chi connectivity index (χ4v) is 1.35. The molecule has 0 saturated heterocycles. The Bertz CT molecular complexity index is 353. The summed E-state index contributed by atoms with van der Waals surface area (Å²) in [5.41, 5.74) is 4.34. The summed E-state index contributed by atoms with van der Waals surface area (Å²) in [5, 5.41) is 8.60. The van der Waals surface area contributed by atoms with E-state index < -0.39 is 49.4 Å². The number of carboxylic acids is 1. The summed E-state index contributed by atoms with van der Waals surface area (Å²) in [6.07, 6.45) is -4.57. The summed E-state index contributed by atoms with van der Waals surface area (Å²) in [6, 6.07) is -1.51. The van der Waals surface area contributed by atoms with Crippen molar-refractivity contribution in [2.45, 2.75) is 38.6 Å². The van der Waals surface area contributed by atoms with E-state index in [0.717, 1.165) is 0 Å². The highest BCUT2D eigenvalue weighted by atomic mass is 19.4. The van der Waals surface area contributed by atoms with Crippen LogP contribution in [0.4, 0.5) is 13.2 Å². The van der Waals surface area contributed by atoms with Gasteiger partial charge >= 0.3 is 18.1 Å². The lowest BCUT2D eigenvalue weighted by molar-refractivity contribution is -0.165. The van der Waals surface area contributed by atoms with Crippen molar-refractivity contribution in [1.29, 1.82) is 0 Å². The van der Waals surface area contributed by atoms with E-state index in [1.54, 1.807) is 20.8 Å². The molecule has 9 heteroatoms. The van der Waals surface area contributed by atoms with Gasteiger partial charge in [0.25, 0.3) is 0 Å². The van der Waals surface area contributed by atoms with Gasteiger partial charge in [-0.25, -0.2) is 0 Å². The van der Waals surface area contributed by atoms with Crippen LogP contribution in [-0.4, -0.2) is 59.4 Å². The van der Waals surface area contributed by atoms with Crippen LogP contribution < -0.4 is 5.73 Å². The van der Waals surface area contributed by atoms with Gasteiger partial charge in [0, 0.05) is 6.54 Å². The third kappa shape index (κ3) is 9.56. The van der Waals surface area contributed by atoms with Gasteiger partial charge in [0.1, 0.15) is 11.6 Å². The van der Waals surface area contributed by atoms with Gasteiger partial charge in [-0.3, -0.25) is 14.5 Å². The van der Waals surface area contributed by atoms with Gasteiger partial charge in [-0.1, -0.05) is 0 Å². The Morgan fingerprint density at radius 1 is 1.30 bits per heavy atom. The van der Waals surface area contributed by atoms with Gasteiger partial charge in [-0.2, -0.15) is 13.2 Å². The van der Waals surface area contributed by atoms with E-state index in [0.29, 0.717) is 4.90 Å². The quantitative estimate of drug-likeness (QED) is 0.698. The number of alkyl halides is 3. The Labute approximate surface area is 114 Å². The number of carbonyl (C=O) groups is 2. The molecule has 0 aromatic rings. The minimum Gasteiger partial charge on any atom is -0.480 e. The van der Waals surface area contributed by atoms with Crippen LogP contribution >= 0.6 is 0 Å². The van der Waals surface area contributed by atoms with Gasteiger partial charge in [-0.15, -0.1) is 0 Å². The lowest BCUT2D eigenvalue weighted by Crippen LogP contribution is -2.48. The molecule has 118 valence electrons. The average molecular weight is 300 g/mol. The minimum absolute atomic E-state index is 0.603. The summed E-state index contributed by atoms with van der Waals surface area (Å²) < 4.78 is 42.0. The molecule has 1 atom stereocenters. The molecule has 0 radical (unpaired) electrons. The van der Waals surface area contributed by atoms with Crippen molar-refractivity contribution >= 4 is 11.9 Å². The second kappa shape index (κ2) is 6.89. The zero-order chi connectivity index (χ0) is 16.1. The number of carbonyl (C=O) groups excluding carboxylic acids is 1. The van der Waals surface area contributed by atoms with Crippen LogP contribution in [0.2, 0.25) is 0 Å². The van der Waals surface area contributed by atoms with Crippen molar-refractivity contribution in [2.75, 3.05) is 19.6 Å². The number of nitrogens with two attached hydrogens (primary N) is 1. The Morgan fingerprint density at radius 2 is 1.80 bits per heavy atom. The smallest absolute Gasteiger partial charge is 0.401 e. The molecule has 1 unspecified atom stereocenters. The maximum atomic E-state index is 12.4. The van der Waals surface area contributed by atoms with Crippen LogP contribution in [0.5, 0.6) is 0 Å². The summed E-state index contributed by atoms with van der Waals surface area (Å²) in [6.45, 7) is 1.99. The highest BCUT2D eigenvalue weighted by molar-refractivity contribution is 5.74. The molecule has 0 bridgehead atoms. The summed E-state index contributed by atoms with van der Waals surface area (Å²) in [7, 11) is 0. The van der Waals surface area contributed by atoms with E-state index in [1.807, 2.05) is 0 Å². The van der Waals surface area contributed by atoms with E-state index in [9.17, 15) is 22.8 Å². The van der Waals surface area contributed by atoms with Crippen molar-refractivity contribution in [2.24, 2.45) is 5.73 Å². The van der Waals surface area contributed by atoms with Gasteiger partial charge in [0.15, 0.2) is 0 Å². The van der Waals surface area contributed by atoms with Gasteiger partial charge < -0.3 is 15.6 Å².